The third-order valence-corrected chi connectivity index (χ3v) is 4.82. The van der Waals surface area contributed by atoms with Crippen LogP contribution in [0.2, 0.25) is 0 Å². The van der Waals surface area contributed by atoms with E-state index in [1.165, 1.54) is 30.7 Å². The minimum Gasteiger partial charge on any atom is -0.311 e. The molecule has 1 aromatic carbocycles. The Balaban J connectivity index is 1.94. The molecule has 1 aliphatic heterocycles. The molecule has 1 aliphatic rings. The third-order valence-electron chi connectivity index (χ3n) is 3.28. The van der Waals surface area contributed by atoms with Gasteiger partial charge in [0.1, 0.15) is 5.82 Å². The highest BCUT2D eigenvalue weighted by Crippen LogP contribution is 2.37. The predicted octanol–water partition coefficient (Wildman–Crippen LogP) is 3.11. The van der Waals surface area contributed by atoms with E-state index in [9.17, 15) is 14.5 Å². The Morgan fingerprint density at radius 2 is 2.32 bits per heavy atom. The van der Waals surface area contributed by atoms with Crippen LogP contribution in [0.5, 0.6) is 0 Å². The van der Waals surface area contributed by atoms with Crippen LogP contribution >= 0.6 is 11.8 Å². The van der Waals surface area contributed by atoms with E-state index < -0.39 is 10.7 Å². The number of hydrogen-bond donors (Lipinski definition) is 1. The summed E-state index contributed by atoms with van der Waals surface area (Å²) in [7, 11) is 0. The van der Waals surface area contributed by atoms with Gasteiger partial charge in [0.15, 0.2) is 0 Å². The molecule has 19 heavy (non-hydrogen) atoms. The molecular formula is C13H17FN2O2S. The van der Waals surface area contributed by atoms with E-state index in [-0.39, 0.29) is 10.4 Å². The molecule has 4 nitrogen and oxygen atoms in total. The van der Waals surface area contributed by atoms with Gasteiger partial charge in [-0.25, -0.2) is 4.39 Å². The Morgan fingerprint density at radius 3 is 2.95 bits per heavy atom. The number of halogens is 1. The second-order valence-corrected chi connectivity index (χ2v) is 6.76. The fraction of sp³-hybridized carbons (Fsp3) is 0.538. The minimum absolute atomic E-state index is 0.196. The molecule has 1 fully saturated rings. The maximum atomic E-state index is 13.3. The number of rotatable bonds is 5. The largest absolute Gasteiger partial charge is 0.311 e. The van der Waals surface area contributed by atoms with E-state index in [2.05, 4.69) is 12.2 Å². The van der Waals surface area contributed by atoms with Gasteiger partial charge in [-0.2, -0.15) is 11.8 Å². The van der Waals surface area contributed by atoms with Gasteiger partial charge in [0.05, 0.1) is 11.0 Å². The van der Waals surface area contributed by atoms with E-state index in [1.54, 1.807) is 0 Å². The van der Waals surface area contributed by atoms with Crippen molar-refractivity contribution >= 4 is 17.4 Å². The van der Waals surface area contributed by atoms with Crippen molar-refractivity contribution in [2.75, 3.05) is 12.3 Å². The highest BCUT2D eigenvalue weighted by Gasteiger charge is 2.28. The maximum Gasteiger partial charge on any atom is 0.272 e. The minimum atomic E-state index is -0.569. The molecule has 0 spiro atoms. The number of nitro groups is 1. The van der Waals surface area contributed by atoms with Gasteiger partial charge < -0.3 is 5.32 Å². The van der Waals surface area contributed by atoms with Crippen LogP contribution in [-0.4, -0.2) is 22.0 Å². The third kappa shape index (κ3) is 3.91. The lowest BCUT2D eigenvalue weighted by Gasteiger charge is -2.22. The zero-order valence-electron chi connectivity index (χ0n) is 10.8. The Morgan fingerprint density at radius 1 is 1.53 bits per heavy atom. The summed E-state index contributed by atoms with van der Waals surface area (Å²) < 4.78 is 13.5. The molecule has 1 aromatic rings. The molecule has 0 bridgehead atoms. The van der Waals surface area contributed by atoms with Crippen molar-refractivity contribution in [3.63, 3.8) is 0 Å². The standard InChI is InChI=1S/C13H17FN2O2S/c1-13(3-2-4-19-13)9-15-8-10-5-11(14)7-12(6-10)16(17)18/h5-7,15H,2-4,8-9H2,1H3. The zero-order valence-corrected chi connectivity index (χ0v) is 11.6. The van der Waals surface area contributed by atoms with Crippen molar-refractivity contribution in [2.24, 2.45) is 0 Å². The molecule has 0 radical (unpaired) electrons. The summed E-state index contributed by atoms with van der Waals surface area (Å²) in [6, 6.07) is 3.70. The second kappa shape index (κ2) is 5.88. The van der Waals surface area contributed by atoms with Crippen molar-refractivity contribution in [1.82, 2.24) is 5.32 Å². The smallest absolute Gasteiger partial charge is 0.272 e. The number of non-ortho nitro benzene ring substituents is 1. The van der Waals surface area contributed by atoms with Gasteiger partial charge in [-0.1, -0.05) is 0 Å². The van der Waals surface area contributed by atoms with E-state index in [0.29, 0.717) is 12.1 Å². The van der Waals surface area contributed by atoms with Crippen LogP contribution in [0.1, 0.15) is 25.3 Å². The Hall–Kier alpha value is -1.14. The number of hydrogen-bond acceptors (Lipinski definition) is 4. The number of thioether (sulfide) groups is 1. The first-order chi connectivity index (χ1) is 8.98. The maximum absolute atomic E-state index is 13.3. The van der Waals surface area contributed by atoms with Crippen molar-refractivity contribution in [1.29, 1.82) is 0 Å². The van der Waals surface area contributed by atoms with E-state index in [0.717, 1.165) is 12.6 Å². The predicted molar refractivity (Wildman–Crippen MR) is 74.9 cm³/mol. The van der Waals surface area contributed by atoms with Gasteiger partial charge in [0, 0.05) is 23.9 Å². The molecule has 2 rings (SSSR count). The highest BCUT2D eigenvalue weighted by atomic mass is 32.2. The molecule has 0 aliphatic carbocycles. The summed E-state index contributed by atoms with van der Waals surface area (Å²) in [6.07, 6.45) is 2.41. The van der Waals surface area contributed by atoms with E-state index in [4.69, 9.17) is 0 Å². The van der Waals surface area contributed by atoms with Crippen LogP contribution in [0.3, 0.4) is 0 Å². The molecule has 0 aromatic heterocycles. The number of nitro benzene ring substituents is 1. The van der Waals surface area contributed by atoms with Crippen molar-refractivity contribution < 1.29 is 9.31 Å². The monoisotopic (exact) mass is 284 g/mol. The summed E-state index contributed by atoms with van der Waals surface area (Å²) in [5.41, 5.74) is 0.413. The van der Waals surface area contributed by atoms with Gasteiger partial charge >= 0.3 is 0 Å². The summed E-state index contributed by atoms with van der Waals surface area (Å²) in [4.78, 5) is 10.1. The average Bonchev–Trinajstić information content (AvgIpc) is 2.75. The lowest BCUT2D eigenvalue weighted by atomic mass is 10.1. The molecular weight excluding hydrogens is 267 g/mol. The first kappa shape index (κ1) is 14.3. The SMILES string of the molecule is CC1(CNCc2cc(F)cc([N+](=O)[O-])c2)CCCS1. The normalized spacial score (nSPS) is 22.6. The molecule has 1 heterocycles. The van der Waals surface area contributed by atoms with Crippen molar-refractivity contribution in [2.45, 2.75) is 31.1 Å². The molecule has 0 amide bonds. The van der Waals surface area contributed by atoms with Gasteiger partial charge in [-0.15, -0.1) is 0 Å². The summed E-state index contributed by atoms with van der Waals surface area (Å²) >= 11 is 1.95. The molecule has 1 N–H and O–H groups in total. The molecule has 1 saturated heterocycles. The van der Waals surface area contributed by atoms with E-state index in [1.807, 2.05) is 11.8 Å². The first-order valence-corrected chi connectivity index (χ1v) is 7.26. The van der Waals surface area contributed by atoms with Crippen molar-refractivity contribution in [3.05, 3.63) is 39.7 Å². The van der Waals surface area contributed by atoms with Crippen LogP contribution in [0, 0.1) is 15.9 Å². The first-order valence-electron chi connectivity index (χ1n) is 6.27. The Bertz CT molecular complexity index is 476. The van der Waals surface area contributed by atoms with Gasteiger partial charge in [0.2, 0.25) is 0 Å². The molecule has 1 unspecified atom stereocenters. The summed E-state index contributed by atoms with van der Waals surface area (Å²) in [5.74, 6) is 0.622. The van der Waals surface area contributed by atoms with Crippen LogP contribution in [0.4, 0.5) is 10.1 Å². The lowest BCUT2D eigenvalue weighted by molar-refractivity contribution is -0.385. The fourth-order valence-electron chi connectivity index (χ4n) is 2.29. The van der Waals surface area contributed by atoms with Gasteiger partial charge in [0.25, 0.3) is 5.69 Å². The number of benzene rings is 1. The lowest BCUT2D eigenvalue weighted by Crippen LogP contribution is -2.32. The van der Waals surface area contributed by atoms with Crippen LogP contribution < -0.4 is 5.32 Å². The number of nitrogens with one attached hydrogen (secondary N) is 1. The van der Waals surface area contributed by atoms with Gasteiger partial charge in [-0.3, -0.25) is 10.1 Å². The number of nitrogens with zero attached hydrogens (tertiary/aromatic N) is 1. The zero-order chi connectivity index (χ0) is 13.9. The van der Waals surface area contributed by atoms with Gasteiger partial charge in [-0.05, 0) is 37.1 Å². The molecule has 6 heteroatoms. The topological polar surface area (TPSA) is 55.2 Å². The summed E-state index contributed by atoms with van der Waals surface area (Å²) in [6.45, 7) is 3.50. The molecule has 0 saturated carbocycles. The van der Waals surface area contributed by atoms with Crippen LogP contribution in [0.15, 0.2) is 18.2 Å². The van der Waals surface area contributed by atoms with Crippen LogP contribution in [-0.2, 0) is 6.54 Å². The van der Waals surface area contributed by atoms with Crippen LogP contribution in [0.25, 0.3) is 0 Å². The Labute approximate surface area is 115 Å². The highest BCUT2D eigenvalue weighted by molar-refractivity contribution is 8.00. The Kier molecular flexibility index (Phi) is 4.42. The second-order valence-electron chi connectivity index (χ2n) is 5.08. The van der Waals surface area contributed by atoms with Crippen molar-refractivity contribution in [3.8, 4) is 0 Å². The fourth-order valence-corrected chi connectivity index (χ4v) is 3.56. The molecule has 104 valence electrons. The molecule has 1 atom stereocenters. The van der Waals surface area contributed by atoms with E-state index >= 15 is 0 Å². The quantitative estimate of drug-likeness (QED) is 0.667. The summed E-state index contributed by atoms with van der Waals surface area (Å²) in [5, 5.41) is 13.9. The average molecular weight is 284 g/mol.